The van der Waals surface area contributed by atoms with Crippen molar-refractivity contribution in [3.63, 3.8) is 0 Å². The average Bonchev–Trinajstić information content (AvgIpc) is 3.61. The number of nitrogens with two attached hydrogens (primary N) is 1. The molecule has 8 nitrogen and oxygen atoms in total. The summed E-state index contributed by atoms with van der Waals surface area (Å²) in [5.74, 6) is -0.690. The fraction of sp³-hybridized carbons (Fsp3) is 0.560. The molecule has 2 N–H and O–H groups in total. The van der Waals surface area contributed by atoms with Crippen LogP contribution in [0.15, 0.2) is 30.5 Å². The second kappa shape index (κ2) is 9.42. The van der Waals surface area contributed by atoms with Gasteiger partial charge in [0, 0.05) is 51.2 Å². The van der Waals surface area contributed by atoms with E-state index in [4.69, 9.17) is 5.73 Å². The van der Waals surface area contributed by atoms with Crippen LogP contribution in [0.5, 0.6) is 0 Å². The lowest BCUT2D eigenvalue weighted by molar-refractivity contribution is -0.138. The first-order valence-electron chi connectivity index (χ1n) is 12.5. The molecule has 2 amide bonds. The molecule has 0 aliphatic carbocycles. The quantitative estimate of drug-likeness (QED) is 0.688. The van der Waals surface area contributed by atoms with Gasteiger partial charge in [0.25, 0.3) is 5.91 Å². The van der Waals surface area contributed by atoms with Gasteiger partial charge in [-0.25, -0.2) is 4.79 Å². The molecule has 0 atom stereocenters. The van der Waals surface area contributed by atoms with Crippen LogP contribution in [0.3, 0.4) is 0 Å². The van der Waals surface area contributed by atoms with Crippen molar-refractivity contribution >= 4 is 17.6 Å². The number of carbonyl (C=O) groups excluding carboxylic acids is 2. The van der Waals surface area contributed by atoms with Crippen LogP contribution in [-0.2, 0) is 12.7 Å². The minimum Gasteiger partial charge on any atom is -0.372 e. The summed E-state index contributed by atoms with van der Waals surface area (Å²) < 4.78 is 42.9. The molecule has 194 valence electrons. The highest BCUT2D eigenvalue weighted by Gasteiger charge is 2.42. The second-order valence-electron chi connectivity index (χ2n) is 10.3. The maximum atomic E-state index is 13.9. The number of hydrogen-bond acceptors (Lipinski definition) is 5. The molecule has 3 aliphatic heterocycles. The summed E-state index contributed by atoms with van der Waals surface area (Å²) in [7, 11) is 0. The third kappa shape index (κ3) is 4.93. The molecule has 1 aromatic carbocycles. The third-order valence-corrected chi connectivity index (χ3v) is 7.91. The zero-order valence-corrected chi connectivity index (χ0v) is 20.1. The van der Waals surface area contributed by atoms with Gasteiger partial charge in [-0.05, 0) is 67.8 Å². The van der Waals surface area contributed by atoms with Crippen LogP contribution in [0.1, 0.15) is 53.7 Å². The van der Waals surface area contributed by atoms with E-state index in [2.05, 4.69) is 10.00 Å². The molecular formula is C25H31F3N6O2. The molecule has 1 spiro atoms. The first-order chi connectivity index (χ1) is 17.1. The van der Waals surface area contributed by atoms with Gasteiger partial charge in [-0.2, -0.15) is 23.0 Å². The Kier molecular flexibility index (Phi) is 6.44. The molecule has 0 saturated carbocycles. The van der Waals surface area contributed by atoms with Gasteiger partial charge in [-0.3, -0.25) is 9.69 Å². The predicted octanol–water partition coefficient (Wildman–Crippen LogP) is 3.56. The van der Waals surface area contributed by atoms with Gasteiger partial charge in [-0.1, -0.05) is 6.07 Å². The molecule has 11 heteroatoms. The van der Waals surface area contributed by atoms with Gasteiger partial charge in [-0.15, -0.1) is 0 Å². The van der Waals surface area contributed by atoms with Crippen LogP contribution in [0.4, 0.5) is 23.7 Å². The van der Waals surface area contributed by atoms with Gasteiger partial charge >= 0.3 is 12.2 Å². The number of nitrogens with zero attached hydrogens (tertiary/aromatic N) is 5. The number of carbonyl (C=O) groups is 2. The Morgan fingerprint density at radius 2 is 1.69 bits per heavy atom. The molecule has 0 radical (unpaired) electrons. The number of alkyl halides is 3. The number of halogens is 3. The molecule has 3 saturated heterocycles. The first kappa shape index (κ1) is 24.6. The van der Waals surface area contributed by atoms with Gasteiger partial charge < -0.3 is 15.5 Å². The van der Waals surface area contributed by atoms with Crippen molar-refractivity contribution in [3.05, 3.63) is 47.3 Å². The standard InChI is InChI=1S/C25H31F3N6O2/c26-25(27,28)20-15-19(32-9-1-2-10-32)4-3-18(20)16-31-12-6-24(17-31)7-13-33(14-8-24)23(36)34-11-5-21(30-34)22(29)35/h3-5,11,15H,1-2,6-10,12-14,16-17H2,(H2,29,35). The smallest absolute Gasteiger partial charge is 0.372 e. The Morgan fingerprint density at radius 3 is 2.33 bits per heavy atom. The molecule has 0 bridgehead atoms. The summed E-state index contributed by atoms with van der Waals surface area (Å²) >= 11 is 0. The third-order valence-electron chi connectivity index (χ3n) is 7.91. The van der Waals surface area contributed by atoms with Crippen molar-refractivity contribution in [2.75, 3.05) is 44.2 Å². The van der Waals surface area contributed by atoms with Crippen LogP contribution in [0.2, 0.25) is 0 Å². The zero-order valence-electron chi connectivity index (χ0n) is 20.1. The summed E-state index contributed by atoms with van der Waals surface area (Å²) in [6.45, 7) is 4.40. The number of amides is 2. The van der Waals surface area contributed by atoms with E-state index in [1.807, 2.05) is 11.0 Å². The molecule has 5 rings (SSSR count). The zero-order chi connectivity index (χ0) is 25.5. The number of aromatic nitrogens is 2. The fourth-order valence-electron chi connectivity index (χ4n) is 5.83. The lowest BCUT2D eigenvalue weighted by Crippen LogP contribution is -2.45. The highest BCUT2D eigenvalue weighted by atomic mass is 19.4. The maximum absolute atomic E-state index is 13.9. The maximum Gasteiger partial charge on any atom is 0.416 e. The van der Waals surface area contributed by atoms with E-state index in [1.165, 1.54) is 18.3 Å². The summed E-state index contributed by atoms with van der Waals surface area (Å²) in [6, 6.07) is 5.89. The predicted molar refractivity (Wildman–Crippen MR) is 128 cm³/mol. The van der Waals surface area contributed by atoms with Crippen molar-refractivity contribution in [2.24, 2.45) is 11.1 Å². The van der Waals surface area contributed by atoms with E-state index in [0.29, 0.717) is 30.9 Å². The molecule has 2 aromatic rings. The topological polar surface area (TPSA) is 87.7 Å². The highest BCUT2D eigenvalue weighted by Crippen LogP contribution is 2.42. The molecule has 4 heterocycles. The highest BCUT2D eigenvalue weighted by molar-refractivity contribution is 5.91. The Hall–Kier alpha value is -3.08. The molecule has 36 heavy (non-hydrogen) atoms. The molecule has 3 fully saturated rings. The van der Waals surface area contributed by atoms with Crippen LogP contribution < -0.4 is 10.6 Å². The van der Waals surface area contributed by atoms with E-state index in [-0.39, 0.29) is 23.7 Å². The summed E-state index contributed by atoms with van der Waals surface area (Å²) in [4.78, 5) is 29.8. The minimum absolute atomic E-state index is 0.00678. The summed E-state index contributed by atoms with van der Waals surface area (Å²) in [5, 5.41) is 3.94. The Labute approximate surface area is 207 Å². The van der Waals surface area contributed by atoms with Crippen LogP contribution >= 0.6 is 0 Å². The van der Waals surface area contributed by atoms with Gasteiger partial charge in [0.05, 0.1) is 5.56 Å². The Bertz CT molecular complexity index is 1130. The molecular weight excluding hydrogens is 473 g/mol. The average molecular weight is 505 g/mol. The van der Waals surface area contributed by atoms with Crippen molar-refractivity contribution in [1.82, 2.24) is 19.6 Å². The number of anilines is 1. The van der Waals surface area contributed by atoms with Crippen molar-refractivity contribution in [1.29, 1.82) is 0 Å². The van der Waals surface area contributed by atoms with Crippen LogP contribution in [0.25, 0.3) is 0 Å². The molecule has 3 aliphatic rings. The van der Waals surface area contributed by atoms with Crippen molar-refractivity contribution in [2.45, 2.75) is 44.8 Å². The van der Waals surface area contributed by atoms with Gasteiger partial charge in [0.2, 0.25) is 0 Å². The van der Waals surface area contributed by atoms with E-state index in [0.717, 1.165) is 56.4 Å². The SMILES string of the molecule is NC(=O)c1ccn(C(=O)N2CCC3(CCN(Cc4ccc(N5CCCC5)cc4C(F)(F)F)C3)CC2)n1. The lowest BCUT2D eigenvalue weighted by atomic mass is 9.78. The number of primary amides is 1. The monoisotopic (exact) mass is 504 g/mol. The minimum atomic E-state index is -4.39. The Morgan fingerprint density at radius 1 is 1.00 bits per heavy atom. The number of likely N-dealkylation sites (tertiary alicyclic amines) is 2. The van der Waals surface area contributed by atoms with E-state index >= 15 is 0 Å². The number of hydrogen-bond donors (Lipinski definition) is 1. The fourth-order valence-corrected chi connectivity index (χ4v) is 5.83. The molecule has 1 aromatic heterocycles. The van der Waals surface area contributed by atoms with E-state index < -0.39 is 17.6 Å². The second-order valence-corrected chi connectivity index (χ2v) is 10.3. The van der Waals surface area contributed by atoms with E-state index in [9.17, 15) is 22.8 Å². The van der Waals surface area contributed by atoms with Crippen LogP contribution in [-0.4, -0.2) is 70.8 Å². The largest absolute Gasteiger partial charge is 0.416 e. The Balaban J connectivity index is 1.22. The normalized spacial score (nSPS) is 20.4. The summed E-state index contributed by atoms with van der Waals surface area (Å²) in [5.41, 5.74) is 5.67. The number of benzene rings is 1. The first-order valence-corrected chi connectivity index (χ1v) is 12.5. The van der Waals surface area contributed by atoms with Gasteiger partial charge in [0.15, 0.2) is 5.69 Å². The van der Waals surface area contributed by atoms with Crippen molar-refractivity contribution < 1.29 is 22.8 Å². The number of rotatable bonds is 4. The lowest BCUT2D eigenvalue weighted by Gasteiger charge is -2.39. The van der Waals surface area contributed by atoms with Crippen molar-refractivity contribution in [3.8, 4) is 0 Å². The summed E-state index contributed by atoms with van der Waals surface area (Å²) in [6.07, 6.45) is 1.51. The van der Waals surface area contributed by atoms with Crippen LogP contribution in [0, 0.1) is 5.41 Å². The molecule has 0 unspecified atom stereocenters. The van der Waals surface area contributed by atoms with Gasteiger partial charge in [0.1, 0.15) is 0 Å². The number of piperidine rings is 1. The van der Waals surface area contributed by atoms with E-state index in [1.54, 1.807) is 11.0 Å².